The van der Waals surface area contributed by atoms with Crippen LogP contribution in [0.3, 0.4) is 0 Å². The van der Waals surface area contributed by atoms with Crippen molar-refractivity contribution in [2.75, 3.05) is 5.73 Å². The highest BCUT2D eigenvalue weighted by Gasteiger charge is 2.21. The Balaban J connectivity index is 1.68. The number of anilines is 1. The third-order valence-electron chi connectivity index (χ3n) is 3.56. The number of nitrogens with zero attached hydrogens (tertiary/aromatic N) is 3. The van der Waals surface area contributed by atoms with Crippen molar-refractivity contribution in [1.82, 2.24) is 20.1 Å². The number of amides is 1. The third kappa shape index (κ3) is 2.64. The number of carbonyl (C=O) groups is 1. The molecule has 3 N–H and O–H groups in total. The second-order valence-corrected chi connectivity index (χ2v) is 5.01. The van der Waals surface area contributed by atoms with Crippen LogP contribution in [0.25, 0.3) is 0 Å². The van der Waals surface area contributed by atoms with Crippen LogP contribution in [0.2, 0.25) is 0 Å². The number of aryl methyl sites for hydroxylation is 1. The first-order valence-corrected chi connectivity index (χ1v) is 6.74. The molecule has 20 heavy (non-hydrogen) atoms. The fourth-order valence-corrected chi connectivity index (χ4v) is 2.68. The molecule has 1 amide bonds. The number of nitrogens with two attached hydrogens (primary N) is 1. The summed E-state index contributed by atoms with van der Waals surface area (Å²) in [6.45, 7) is 0.142. The van der Waals surface area contributed by atoms with Gasteiger partial charge in [0, 0.05) is 0 Å². The molecule has 0 spiro atoms. The highest BCUT2D eigenvalue weighted by atomic mass is 16.2. The van der Waals surface area contributed by atoms with E-state index in [2.05, 4.69) is 27.5 Å². The number of benzene rings is 1. The summed E-state index contributed by atoms with van der Waals surface area (Å²) in [5.74, 6) is 0.109. The topological polar surface area (TPSA) is 85.8 Å². The van der Waals surface area contributed by atoms with Gasteiger partial charge in [-0.15, -0.1) is 5.10 Å². The molecule has 0 bridgehead atoms. The van der Waals surface area contributed by atoms with Crippen molar-refractivity contribution in [1.29, 1.82) is 0 Å². The van der Waals surface area contributed by atoms with E-state index in [0.717, 1.165) is 19.3 Å². The number of nitrogens with one attached hydrogen (secondary N) is 1. The summed E-state index contributed by atoms with van der Waals surface area (Å²) in [5, 5.41) is 6.97. The van der Waals surface area contributed by atoms with E-state index < -0.39 is 0 Å². The van der Waals surface area contributed by atoms with Crippen LogP contribution in [0.5, 0.6) is 0 Å². The largest absolute Gasteiger partial charge is 0.367 e. The minimum Gasteiger partial charge on any atom is -0.367 e. The van der Waals surface area contributed by atoms with Gasteiger partial charge < -0.3 is 11.1 Å². The second-order valence-electron chi connectivity index (χ2n) is 5.01. The molecule has 1 heterocycles. The van der Waals surface area contributed by atoms with Crippen molar-refractivity contribution in [3.05, 3.63) is 41.7 Å². The number of aromatic nitrogens is 3. The molecule has 0 saturated carbocycles. The van der Waals surface area contributed by atoms with Gasteiger partial charge in [-0.1, -0.05) is 24.3 Å². The third-order valence-corrected chi connectivity index (χ3v) is 3.56. The molecule has 0 radical (unpaired) electrons. The van der Waals surface area contributed by atoms with Crippen molar-refractivity contribution in [3.8, 4) is 0 Å². The zero-order chi connectivity index (χ0) is 13.9. The lowest BCUT2D eigenvalue weighted by molar-refractivity contribution is -0.122. The van der Waals surface area contributed by atoms with Crippen molar-refractivity contribution < 1.29 is 4.79 Å². The van der Waals surface area contributed by atoms with E-state index in [1.54, 1.807) is 0 Å². The minimum absolute atomic E-state index is 0.0726. The lowest BCUT2D eigenvalue weighted by atomic mass is 9.88. The highest BCUT2D eigenvalue weighted by molar-refractivity contribution is 5.76. The Bertz CT molecular complexity index is 622. The van der Waals surface area contributed by atoms with Gasteiger partial charge >= 0.3 is 0 Å². The molecule has 1 aromatic heterocycles. The molecule has 2 aromatic rings. The Morgan fingerprint density at radius 1 is 1.45 bits per heavy atom. The van der Waals surface area contributed by atoms with Gasteiger partial charge in [0.2, 0.25) is 11.9 Å². The van der Waals surface area contributed by atoms with E-state index in [0.29, 0.717) is 0 Å². The zero-order valence-electron chi connectivity index (χ0n) is 11.1. The van der Waals surface area contributed by atoms with Crippen LogP contribution in [0.15, 0.2) is 30.6 Å². The van der Waals surface area contributed by atoms with E-state index in [1.807, 2.05) is 12.1 Å². The van der Waals surface area contributed by atoms with E-state index in [4.69, 9.17) is 5.73 Å². The molecular formula is C14H17N5O. The Labute approximate surface area is 117 Å². The average molecular weight is 271 g/mol. The summed E-state index contributed by atoms with van der Waals surface area (Å²) in [7, 11) is 0. The van der Waals surface area contributed by atoms with Crippen LogP contribution < -0.4 is 11.1 Å². The summed E-state index contributed by atoms with van der Waals surface area (Å²) in [6.07, 6.45) is 4.62. The van der Waals surface area contributed by atoms with Gasteiger partial charge in [0.15, 0.2) is 0 Å². The molecule has 0 saturated heterocycles. The molecule has 1 aliphatic carbocycles. The first-order valence-electron chi connectivity index (χ1n) is 6.74. The molecule has 104 valence electrons. The van der Waals surface area contributed by atoms with Crippen molar-refractivity contribution in [2.24, 2.45) is 0 Å². The number of nitrogen functional groups attached to an aromatic ring is 1. The predicted octanol–water partition coefficient (Wildman–Crippen LogP) is 1.05. The van der Waals surface area contributed by atoms with Gasteiger partial charge in [-0.05, 0) is 30.4 Å². The standard InChI is InChI=1S/C14H17N5O/c15-14-16-9-19(18-14)8-13(20)17-12-7-3-5-10-4-1-2-6-11(10)12/h1-2,4,6,9,12H,3,5,7-8H2,(H2,15,18)(H,17,20). The molecular weight excluding hydrogens is 254 g/mol. The van der Waals surface area contributed by atoms with E-state index in [-0.39, 0.29) is 24.4 Å². The van der Waals surface area contributed by atoms with Crippen molar-refractivity contribution in [2.45, 2.75) is 31.8 Å². The monoisotopic (exact) mass is 271 g/mol. The van der Waals surface area contributed by atoms with Crippen LogP contribution in [0, 0.1) is 0 Å². The van der Waals surface area contributed by atoms with E-state index >= 15 is 0 Å². The number of rotatable bonds is 3. The van der Waals surface area contributed by atoms with Gasteiger partial charge in [-0.25, -0.2) is 9.67 Å². The van der Waals surface area contributed by atoms with Crippen molar-refractivity contribution in [3.63, 3.8) is 0 Å². The quantitative estimate of drug-likeness (QED) is 0.873. The van der Waals surface area contributed by atoms with Gasteiger partial charge in [-0.3, -0.25) is 4.79 Å². The van der Waals surface area contributed by atoms with Crippen LogP contribution in [-0.2, 0) is 17.8 Å². The Morgan fingerprint density at radius 2 is 2.30 bits per heavy atom. The summed E-state index contributed by atoms with van der Waals surface area (Å²) in [5.41, 5.74) is 7.98. The minimum atomic E-state index is -0.0726. The molecule has 1 atom stereocenters. The molecule has 0 aliphatic heterocycles. The number of carbonyl (C=O) groups excluding carboxylic acids is 1. The van der Waals surface area contributed by atoms with Gasteiger partial charge in [0.25, 0.3) is 0 Å². The first kappa shape index (κ1) is 12.7. The van der Waals surface area contributed by atoms with E-state index in [1.165, 1.54) is 22.1 Å². The van der Waals surface area contributed by atoms with Crippen molar-refractivity contribution >= 4 is 11.9 Å². The SMILES string of the molecule is Nc1ncn(CC(=O)NC2CCCc3ccccc32)n1. The maximum Gasteiger partial charge on any atom is 0.242 e. The van der Waals surface area contributed by atoms with Gasteiger partial charge in [-0.2, -0.15) is 0 Å². The molecule has 1 unspecified atom stereocenters. The van der Waals surface area contributed by atoms with Crippen LogP contribution >= 0.6 is 0 Å². The van der Waals surface area contributed by atoms with Crippen LogP contribution in [0.4, 0.5) is 5.95 Å². The molecule has 0 fully saturated rings. The van der Waals surface area contributed by atoms with Crippen LogP contribution in [-0.4, -0.2) is 20.7 Å². The summed E-state index contributed by atoms with van der Waals surface area (Å²) >= 11 is 0. The number of hydrogen-bond acceptors (Lipinski definition) is 4. The van der Waals surface area contributed by atoms with Gasteiger partial charge in [0.1, 0.15) is 12.9 Å². The fourth-order valence-electron chi connectivity index (χ4n) is 2.68. The second kappa shape index (κ2) is 5.32. The number of fused-ring (bicyclic) bond motifs is 1. The smallest absolute Gasteiger partial charge is 0.242 e. The molecule has 1 aromatic carbocycles. The normalized spacial score (nSPS) is 17.5. The average Bonchev–Trinajstić information content (AvgIpc) is 2.84. The maximum atomic E-state index is 12.1. The number of hydrogen-bond donors (Lipinski definition) is 2. The predicted molar refractivity (Wildman–Crippen MR) is 74.7 cm³/mol. The summed E-state index contributed by atoms with van der Waals surface area (Å²) in [6, 6.07) is 8.37. The summed E-state index contributed by atoms with van der Waals surface area (Å²) in [4.78, 5) is 15.9. The summed E-state index contributed by atoms with van der Waals surface area (Å²) < 4.78 is 1.44. The fraction of sp³-hybridized carbons (Fsp3) is 0.357. The molecule has 6 nitrogen and oxygen atoms in total. The Hall–Kier alpha value is -2.37. The molecule has 3 rings (SSSR count). The lowest BCUT2D eigenvalue weighted by Gasteiger charge is -2.26. The Kier molecular flexibility index (Phi) is 3.37. The first-order chi connectivity index (χ1) is 9.72. The Morgan fingerprint density at radius 3 is 3.10 bits per heavy atom. The van der Waals surface area contributed by atoms with E-state index in [9.17, 15) is 4.79 Å². The van der Waals surface area contributed by atoms with Gasteiger partial charge in [0.05, 0.1) is 6.04 Å². The highest BCUT2D eigenvalue weighted by Crippen LogP contribution is 2.29. The zero-order valence-corrected chi connectivity index (χ0v) is 11.1. The molecule has 6 heteroatoms. The molecule has 1 aliphatic rings. The lowest BCUT2D eigenvalue weighted by Crippen LogP contribution is -2.33. The maximum absolute atomic E-state index is 12.1. The van der Waals surface area contributed by atoms with Crippen LogP contribution in [0.1, 0.15) is 30.0 Å².